The largest absolute Gasteiger partial charge is 0.488 e. The molecule has 0 radical (unpaired) electrons. The van der Waals surface area contributed by atoms with Gasteiger partial charge in [-0.25, -0.2) is 14.2 Å². The summed E-state index contributed by atoms with van der Waals surface area (Å²) in [6.07, 6.45) is 0. The lowest BCUT2D eigenvalue weighted by Gasteiger charge is -2.16. The van der Waals surface area contributed by atoms with E-state index in [2.05, 4.69) is 20.9 Å². The van der Waals surface area contributed by atoms with Crippen molar-refractivity contribution in [3.05, 3.63) is 100 Å². The number of ether oxygens (including phenoxy) is 2. The molecule has 0 aliphatic rings. The van der Waals surface area contributed by atoms with Gasteiger partial charge in [-0.3, -0.25) is 4.57 Å². The van der Waals surface area contributed by atoms with Crippen molar-refractivity contribution >= 4 is 21.9 Å². The van der Waals surface area contributed by atoms with Crippen molar-refractivity contribution in [3.8, 4) is 22.8 Å². The molecule has 35 heavy (non-hydrogen) atoms. The van der Waals surface area contributed by atoms with E-state index in [1.165, 1.54) is 12.1 Å². The average molecular weight is 539 g/mol. The van der Waals surface area contributed by atoms with Gasteiger partial charge in [0.1, 0.15) is 24.0 Å². The average Bonchev–Trinajstić information content (AvgIpc) is 3.27. The Labute approximate surface area is 213 Å². The fourth-order valence-electron chi connectivity index (χ4n) is 3.49. The standard InChI is InChI=1S/C26H22BrFN2O3.C2H6/c1-3-32-26(31)22-5-4-6-25(29-22)30-17(2)7-13-23(30)21-15-19(27)10-14-24(21)33-16-18-8-11-20(28)12-9-18;1-2/h4-15H,3,16H2,1-2H3;1-2H3. The molecular formula is C28H28BrFN2O3. The zero-order valence-corrected chi connectivity index (χ0v) is 21.8. The van der Waals surface area contributed by atoms with Gasteiger partial charge in [0, 0.05) is 15.7 Å². The third kappa shape index (κ3) is 6.36. The lowest BCUT2D eigenvalue weighted by atomic mass is 10.1. The van der Waals surface area contributed by atoms with Crippen LogP contribution in [0.4, 0.5) is 4.39 Å². The van der Waals surface area contributed by atoms with Crippen LogP contribution < -0.4 is 4.74 Å². The Kier molecular flexibility index (Phi) is 9.20. The van der Waals surface area contributed by atoms with Crippen molar-refractivity contribution in [2.45, 2.75) is 34.3 Å². The monoisotopic (exact) mass is 538 g/mol. The van der Waals surface area contributed by atoms with Crippen molar-refractivity contribution in [1.29, 1.82) is 0 Å². The van der Waals surface area contributed by atoms with Crippen LogP contribution in [0.2, 0.25) is 0 Å². The van der Waals surface area contributed by atoms with Gasteiger partial charge in [-0.1, -0.05) is 48.0 Å². The van der Waals surface area contributed by atoms with E-state index in [1.54, 1.807) is 31.2 Å². The minimum atomic E-state index is -0.462. The Morgan fingerprint density at radius 2 is 1.77 bits per heavy atom. The summed E-state index contributed by atoms with van der Waals surface area (Å²) in [5, 5.41) is 0. The maximum atomic E-state index is 13.2. The second-order valence-corrected chi connectivity index (χ2v) is 8.27. The van der Waals surface area contributed by atoms with Crippen LogP contribution in [-0.2, 0) is 11.3 Å². The Bertz CT molecular complexity index is 1290. The van der Waals surface area contributed by atoms with Crippen molar-refractivity contribution in [1.82, 2.24) is 9.55 Å². The lowest BCUT2D eigenvalue weighted by Crippen LogP contribution is -2.10. The molecule has 0 aliphatic heterocycles. The normalized spacial score (nSPS) is 10.3. The number of benzene rings is 2. The van der Waals surface area contributed by atoms with E-state index in [4.69, 9.17) is 9.47 Å². The van der Waals surface area contributed by atoms with E-state index >= 15 is 0 Å². The minimum Gasteiger partial charge on any atom is -0.488 e. The first-order chi connectivity index (χ1) is 17.0. The molecule has 7 heteroatoms. The molecule has 2 heterocycles. The first-order valence-electron chi connectivity index (χ1n) is 11.5. The van der Waals surface area contributed by atoms with E-state index in [0.29, 0.717) is 18.2 Å². The highest BCUT2D eigenvalue weighted by molar-refractivity contribution is 9.10. The first kappa shape index (κ1) is 26.2. The zero-order valence-electron chi connectivity index (χ0n) is 20.2. The van der Waals surface area contributed by atoms with Crippen LogP contribution in [0.15, 0.2) is 77.3 Å². The Morgan fingerprint density at radius 1 is 1.03 bits per heavy atom. The Morgan fingerprint density at radius 3 is 2.49 bits per heavy atom. The number of aryl methyl sites for hydroxylation is 1. The summed E-state index contributed by atoms with van der Waals surface area (Å²) in [5.74, 6) is 0.524. The van der Waals surface area contributed by atoms with Crippen LogP contribution in [0.5, 0.6) is 5.75 Å². The molecule has 0 fully saturated rings. The smallest absolute Gasteiger partial charge is 0.356 e. The molecule has 0 saturated carbocycles. The summed E-state index contributed by atoms with van der Waals surface area (Å²) in [5.41, 5.74) is 3.76. The molecule has 0 atom stereocenters. The lowest BCUT2D eigenvalue weighted by molar-refractivity contribution is 0.0519. The number of nitrogens with zero attached hydrogens (tertiary/aromatic N) is 2. The molecular weight excluding hydrogens is 511 g/mol. The zero-order chi connectivity index (χ0) is 25.4. The molecule has 0 bridgehead atoms. The summed E-state index contributed by atoms with van der Waals surface area (Å²) < 4.78 is 27.3. The van der Waals surface area contributed by atoms with Crippen molar-refractivity contribution in [2.75, 3.05) is 6.61 Å². The highest BCUT2D eigenvalue weighted by atomic mass is 79.9. The highest BCUT2D eigenvalue weighted by Gasteiger charge is 2.17. The molecule has 4 rings (SSSR count). The molecule has 2 aromatic heterocycles. The summed E-state index contributed by atoms with van der Waals surface area (Å²) in [6, 6.07) is 21.2. The number of halogens is 2. The van der Waals surface area contributed by atoms with E-state index in [1.807, 2.05) is 61.7 Å². The number of carbonyl (C=O) groups excluding carboxylic acids is 1. The van der Waals surface area contributed by atoms with Crippen LogP contribution in [0.3, 0.4) is 0 Å². The number of hydrogen-bond donors (Lipinski definition) is 0. The number of hydrogen-bond acceptors (Lipinski definition) is 4. The SMILES string of the molecule is CC.CCOC(=O)c1cccc(-n2c(C)ccc2-c2cc(Br)ccc2OCc2ccc(F)cc2)n1. The van der Waals surface area contributed by atoms with Crippen LogP contribution >= 0.6 is 15.9 Å². The van der Waals surface area contributed by atoms with Crippen molar-refractivity contribution in [2.24, 2.45) is 0 Å². The molecule has 0 spiro atoms. The van der Waals surface area contributed by atoms with Gasteiger partial charge in [-0.2, -0.15) is 0 Å². The molecule has 4 aromatic rings. The second kappa shape index (κ2) is 12.3. The third-order valence-corrected chi connectivity index (χ3v) is 5.54. The third-order valence-electron chi connectivity index (χ3n) is 5.05. The topological polar surface area (TPSA) is 53.4 Å². The molecule has 0 amide bonds. The molecule has 0 N–H and O–H groups in total. The summed E-state index contributed by atoms with van der Waals surface area (Å²) in [6.45, 7) is 8.31. The predicted molar refractivity (Wildman–Crippen MR) is 139 cm³/mol. The molecule has 0 aliphatic carbocycles. The van der Waals surface area contributed by atoms with Gasteiger partial charge in [0.05, 0.1) is 12.3 Å². The number of pyridine rings is 1. The molecule has 182 valence electrons. The number of carbonyl (C=O) groups is 1. The highest BCUT2D eigenvalue weighted by Crippen LogP contribution is 2.36. The van der Waals surface area contributed by atoms with Gasteiger partial charge in [0.2, 0.25) is 0 Å². The predicted octanol–water partition coefficient (Wildman–Crippen LogP) is 7.53. The summed E-state index contributed by atoms with van der Waals surface area (Å²) in [4.78, 5) is 16.7. The fraction of sp³-hybridized carbons (Fsp3) is 0.214. The van der Waals surface area contributed by atoms with Crippen LogP contribution in [0.25, 0.3) is 17.1 Å². The van der Waals surface area contributed by atoms with E-state index in [9.17, 15) is 9.18 Å². The van der Waals surface area contributed by atoms with Gasteiger partial charge in [0.25, 0.3) is 0 Å². The molecule has 0 unspecified atom stereocenters. The first-order valence-corrected chi connectivity index (χ1v) is 12.3. The minimum absolute atomic E-state index is 0.246. The number of rotatable bonds is 7. The Balaban J connectivity index is 0.00000167. The quantitative estimate of drug-likeness (QED) is 0.228. The summed E-state index contributed by atoms with van der Waals surface area (Å²) in [7, 11) is 0. The van der Waals surface area contributed by atoms with Crippen molar-refractivity contribution < 1.29 is 18.7 Å². The maximum absolute atomic E-state index is 13.2. The van der Waals surface area contributed by atoms with E-state index in [0.717, 1.165) is 27.0 Å². The van der Waals surface area contributed by atoms with Crippen LogP contribution in [-0.4, -0.2) is 22.1 Å². The second-order valence-electron chi connectivity index (χ2n) is 7.35. The van der Waals surface area contributed by atoms with Gasteiger partial charge in [0.15, 0.2) is 5.69 Å². The van der Waals surface area contributed by atoms with Gasteiger partial charge >= 0.3 is 5.97 Å². The van der Waals surface area contributed by atoms with Gasteiger partial charge in [-0.05, 0) is 74.0 Å². The van der Waals surface area contributed by atoms with E-state index < -0.39 is 5.97 Å². The number of aromatic nitrogens is 2. The van der Waals surface area contributed by atoms with Crippen LogP contribution in [0, 0.1) is 12.7 Å². The molecule has 0 saturated heterocycles. The molecule has 2 aromatic carbocycles. The number of esters is 1. The Hall–Kier alpha value is -3.45. The fourth-order valence-corrected chi connectivity index (χ4v) is 3.85. The van der Waals surface area contributed by atoms with Crippen molar-refractivity contribution in [3.63, 3.8) is 0 Å². The maximum Gasteiger partial charge on any atom is 0.356 e. The summed E-state index contributed by atoms with van der Waals surface area (Å²) >= 11 is 3.55. The van der Waals surface area contributed by atoms with Crippen LogP contribution in [0.1, 0.15) is 42.5 Å². The van der Waals surface area contributed by atoms with Gasteiger partial charge in [-0.15, -0.1) is 0 Å². The van der Waals surface area contributed by atoms with E-state index in [-0.39, 0.29) is 18.1 Å². The molecule has 5 nitrogen and oxygen atoms in total. The van der Waals surface area contributed by atoms with Gasteiger partial charge < -0.3 is 9.47 Å².